The molecule has 0 amide bonds. The van der Waals surface area contributed by atoms with Gasteiger partial charge in [-0.1, -0.05) is 13.8 Å². The lowest BCUT2D eigenvalue weighted by atomic mass is 10.1. The van der Waals surface area contributed by atoms with E-state index in [1.54, 1.807) is 33.1 Å². The van der Waals surface area contributed by atoms with Gasteiger partial charge in [-0.25, -0.2) is 13.1 Å². The predicted octanol–water partition coefficient (Wildman–Crippen LogP) is 1.57. The van der Waals surface area contributed by atoms with Crippen LogP contribution < -0.4 is 15.2 Å². The summed E-state index contributed by atoms with van der Waals surface area (Å²) in [6.07, 6.45) is 0. The van der Waals surface area contributed by atoms with Crippen LogP contribution in [0.1, 0.15) is 25.0 Å². The number of hydrogen-bond donors (Lipinski definition) is 2. The highest BCUT2D eigenvalue weighted by Gasteiger charge is 2.25. The zero-order chi connectivity index (χ0) is 15.5. The maximum absolute atomic E-state index is 12.5. The average Bonchev–Trinajstić information content (AvgIpc) is 2.34. The Kier molecular flexibility index (Phi) is 5.56. The van der Waals surface area contributed by atoms with Crippen molar-refractivity contribution in [2.24, 2.45) is 11.7 Å². The number of rotatable bonds is 6. The van der Waals surface area contributed by atoms with Crippen molar-refractivity contribution in [3.63, 3.8) is 0 Å². The Morgan fingerprint density at radius 1 is 1.25 bits per heavy atom. The molecule has 0 aromatic heterocycles. The van der Waals surface area contributed by atoms with E-state index in [1.807, 2.05) is 13.8 Å². The van der Waals surface area contributed by atoms with Gasteiger partial charge >= 0.3 is 0 Å². The van der Waals surface area contributed by atoms with Gasteiger partial charge in [0.1, 0.15) is 5.75 Å². The van der Waals surface area contributed by atoms with E-state index >= 15 is 0 Å². The monoisotopic (exact) mass is 300 g/mol. The highest BCUT2D eigenvalue weighted by Crippen LogP contribution is 2.26. The van der Waals surface area contributed by atoms with Gasteiger partial charge in [0.2, 0.25) is 10.0 Å². The number of nitrogens with one attached hydrogen (secondary N) is 1. The first-order valence-corrected chi connectivity index (χ1v) is 8.09. The van der Waals surface area contributed by atoms with E-state index in [9.17, 15) is 8.42 Å². The van der Waals surface area contributed by atoms with Crippen LogP contribution >= 0.6 is 0 Å². The van der Waals surface area contributed by atoms with Crippen molar-refractivity contribution < 1.29 is 13.2 Å². The third-order valence-electron chi connectivity index (χ3n) is 3.30. The SMILES string of the molecule is COc1cc(C)c(S(=O)(=O)NC(CN)C(C)C)c(C)c1. The lowest BCUT2D eigenvalue weighted by Crippen LogP contribution is -2.43. The minimum Gasteiger partial charge on any atom is -0.497 e. The molecular weight excluding hydrogens is 276 g/mol. The van der Waals surface area contributed by atoms with Crippen molar-refractivity contribution in [3.05, 3.63) is 23.3 Å². The molecule has 5 nitrogen and oxygen atoms in total. The molecule has 1 unspecified atom stereocenters. The molecule has 0 aliphatic carbocycles. The maximum Gasteiger partial charge on any atom is 0.241 e. The van der Waals surface area contributed by atoms with Gasteiger partial charge in [-0.05, 0) is 43.0 Å². The second-order valence-electron chi connectivity index (χ2n) is 5.30. The molecule has 0 aliphatic rings. The van der Waals surface area contributed by atoms with E-state index in [-0.39, 0.29) is 18.5 Å². The van der Waals surface area contributed by atoms with E-state index < -0.39 is 10.0 Å². The van der Waals surface area contributed by atoms with Gasteiger partial charge in [-0.15, -0.1) is 0 Å². The van der Waals surface area contributed by atoms with Gasteiger partial charge in [-0.2, -0.15) is 0 Å². The summed E-state index contributed by atoms with van der Waals surface area (Å²) in [5.41, 5.74) is 6.96. The fraction of sp³-hybridized carbons (Fsp3) is 0.571. The third-order valence-corrected chi connectivity index (χ3v) is 5.10. The van der Waals surface area contributed by atoms with Crippen LogP contribution in [0.15, 0.2) is 17.0 Å². The molecule has 0 spiro atoms. The van der Waals surface area contributed by atoms with Crippen LogP contribution in [0.5, 0.6) is 5.75 Å². The molecule has 0 heterocycles. The normalized spacial score (nSPS) is 13.6. The summed E-state index contributed by atoms with van der Waals surface area (Å²) < 4.78 is 32.9. The molecule has 3 N–H and O–H groups in total. The van der Waals surface area contributed by atoms with Gasteiger partial charge in [0.25, 0.3) is 0 Å². The Bertz CT molecular complexity index is 545. The molecule has 0 fully saturated rings. The fourth-order valence-electron chi connectivity index (χ4n) is 2.17. The van der Waals surface area contributed by atoms with Crippen molar-refractivity contribution in [3.8, 4) is 5.75 Å². The van der Waals surface area contributed by atoms with E-state index in [4.69, 9.17) is 10.5 Å². The van der Waals surface area contributed by atoms with Gasteiger partial charge < -0.3 is 10.5 Å². The summed E-state index contributed by atoms with van der Waals surface area (Å²) in [4.78, 5) is 0.303. The summed E-state index contributed by atoms with van der Waals surface area (Å²) in [7, 11) is -2.03. The van der Waals surface area contributed by atoms with Crippen LogP contribution in [-0.4, -0.2) is 28.1 Å². The zero-order valence-electron chi connectivity index (χ0n) is 12.7. The quantitative estimate of drug-likeness (QED) is 0.835. The topological polar surface area (TPSA) is 81.4 Å². The molecule has 1 rings (SSSR count). The molecule has 0 aliphatic heterocycles. The third kappa shape index (κ3) is 3.71. The summed E-state index contributed by atoms with van der Waals surface area (Å²) in [5.74, 6) is 0.784. The zero-order valence-corrected chi connectivity index (χ0v) is 13.5. The smallest absolute Gasteiger partial charge is 0.241 e. The Morgan fingerprint density at radius 3 is 2.10 bits per heavy atom. The van der Waals surface area contributed by atoms with Crippen LogP contribution in [0, 0.1) is 19.8 Å². The standard InChI is InChI=1S/C14H24N2O3S/c1-9(2)13(8-15)16-20(17,18)14-10(3)6-12(19-5)7-11(14)4/h6-7,9,13,16H,8,15H2,1-5H3. The molecule has 1 aromatic rings. The average molecular weight is 300 g/mol. The molecule has 1 atom stereocenters. The first-order chi connectivity index (χ1) is 9.22. The summed E-state index contributed by atoms with van der Waals surface area (Å²) >= 11 is 0. The van der Waals surface area contributed by atoms with Crippen molar-refractivity contribution in [2.45, 2.75) is 38.6 Å². The number of aryl methyl sites for hydroxylation is 2. The predicted molar refractivity (Wildman–Crippen MR) is 80.5 cm³/mol. The second kappa shape index (κ2) is 6.56. The summed E-state index contributed by atoms with van der Waals surface area (Å²) in [6.45, 7) is 7.67. The first kappa shape index (κ1) is 16.9. The number of nitrogens with two attached hydrogens (primary N) is 1. The molecule has 0 saturated carbocycles. The minimum atomic E-state index is -3.59. The van der Waals surface area contributed by atoms with Crippen molar-refractivity contribution in [1.29, 1.82) is 0 Å². The Labute approximate surface area is 121 Å². The highest BCUT2D eigenvalue weighted by atomic mass is 32.2. The molecular formula is C14H24N2O3S. The molecule has 0 saturated heterocycles. The van der Waals surface area contributed by atoms with Crippen LogP contribution in [0.4, 0.5) is 0 Å². The maximum atomic E-state index is 12.5. The molecule has 20 heavy (non-hydrogen) atoms. The van der Waals surface area contributed by atoms with E-state index in [2.05, 4.69) is 4.72 Å². The van der Waals surface area contributed by atoms with Crippen LogP contribution in [0.3, 0.4) is 0 Å². The summed E-state index contributed by atoms with van der Waals surface area (Å²) in [5, 5.41) is 0. The van der Waals surface area contributed by atoms with Crippen LogP contribution in [0.2, 0.25) is 0 Å². The largest absolute Gasteiger partial charge is 0.497 e. The number of benzene rings is 1. The number of methoxy groups -OCH3 is 1. The van der Waals surface area contributed by atoms with Gasteiger partial charge in [0, 0.05) is 12.6 Å². The lowest BCUT2D eigenvalue weighted by molar-refractivity contribution is 0.413. The number of sulfonamides is 1. The lowest BCUT2D eigenvalue weighted by Gasteiger charge is -2.22. The van der Waals surface area contributed by atoms with Gasteiger partial charge in [0.15, 0.2) is 0 Å². The first-order valence-electron chi connectivity index (χ1n) is 6.60. The van der Waals surface area contributed by atoms with E-state index in [1.165, 1.54) is 0 Å². The molecule has 114 valence electrons. The van der Waals surface area contributed by atoms with E-state index in [0.717, 1.165) is 0 Å². The molecule has 0 bridgehead atoms. The Balaban J connectivity index is 3.22. The second-order valence-corrected chi connectivity index (χ2v) is 6.95. The van der Waals surface area contributed by atoms with Crippen LogP contribution in [-0.2, 0) is 10.0 Å². The number of hydrogen-bond acceptors (Lipinski definition) is 4. The fourth-order valence-corrected chi connectivity index (χ4v) is 4.02. The van der Waals surface area contributed by atoms with Gasteiger partial charge in [0.05, 0.1) is 12.0 Å². The summed E-state index contributed by atoms with van der Waals surface area (Å²) in [6, 6.07) is 3.16. The Hall–Kier alpha value is -1.11. The van der Waals surface area contributed by atoms with Crippen molar-refractivity contribution in [2.75, 3.05) is 13.7 Å². The van der Waals surface area contributed by atoms with Crippen molar-refractivity contribution >= 4 is 10.0 Å². The van der Waals surface area contributed by atoms with Crippen LogP contribution in [0.25, 0.3) is 0 Å². The van der Waals surface area contributed by atoms with Gasteiger partial charge in [-0.3, -0.25) is 0 Å². The van der Waals surface area contributed by atoms with E-state index in [0.29, 0.717) is 21.8 Å². The molecule has 1 aromatic carbocycles. The van der Waals surface area contributed by atoms with Crippen molar-refractivity contribution in [1.82, 2.24) is 4.72 Å². The molecule has 0 radical (unpaired) electrons. The number of ether oxygens (including phenoxy) is 1. The minimum absolute atomic E-state index is 0.133. The molecule has 6 heteroatoms. The highest BCUT2D eigenvalue weighted by molar-refractivity contribution is 7.89. The Morgan fingerprint density at radius 2 is 1.75 bits per heavy atom.